The van der Waals surface area contributed by atoms with Gasteiger partial charge in [-0.15, -0.1) is 0 Å². The van der Waals surface area contributed by atoms with E-state index in [-0.39, 0.29) is 0 Å². The Labute approximate surface area is 117 Å². The zero-order chi connectivity index (χ0) is 16.4. The van der Waals surface area contributed by atoms with Gasteiger partial charge in [-0.25, -0.2) is 14.6 Å². The molecule has 0 bridgehead atoms. The number of aromatic carboxylic acids is 1. The molecule has 21 heavy (non-hydrogen) atoms. The third kappa shape index (κ3) is 4.93. The van der Waals surface area contributed by atoms with Crippen molar-refractivity contribution in [3.05, 3.63) is 23.5 Å². The number of hydrogen-bond acceptors (Lipinski definition) is 4. The smallest absolute Gasteiger partial charge is 0.435 e. The number of pyridine rings is 1. The molecule has 1 aromatic heterocycles. The van der Waals surface area contributed by atoms with Gasteiger partial charge in [0.05, 0.1) is 5.69 Å². The van der Waals surface area contributed by atoms with Crippen LogP contribution in [0.1, 0.15) is 37.0 Å². The van der Waals surface area contributed by atoms with Crippen LogP contribution in [0, 0.1) is 0 Å². The molecule has 2 N–H and O–H groups in total. The number of carbonyl (C=O) groups excluding carboxylic acids is 1. The van der Waals surface area contributed by atoms with Crippen LogP contribution in [-0.4, -0.2) is 27.8 Å². The number of amides is 1. The molecule has 1 rings (SSSR count). The fourth-order valence-electron chi connectivity index (χ4n) is 1.31. The van der Waals surface area contributed by atoms with Gasteiger partial charge in [-0.1, -0.05) is 0 Å². The first-order chi connectivity index (χ1) is 9.40. The summed E-state index contributed by atoms with van der Waals surface area (Å²) in [6.07, 6.45) is -6.02. The van der Waals surface area contributed by atoms with E-state index < -0.39 is 40.9 Å². The predicted molar refractivity (Wildman–Crippen MR) is 66.1 cm³/mol. The Morgan fingerprint density at radius 1 is 1.24 bits per heavy atom. The number of rotatable bonds is 2. The molecule has 0 saturated heterocycles. The molecule has 0 aliphatic heterocycles. The normalized spacial score (nSPS) is 11.9. The van der Waals surface area contributed by atoms with Crippen molar-refractivity contribution in [3.8, 4) is 0 Å². The van der Waals surface area contributed by atoms with Crippen molar-refractivity contribution in [1.82, 2.24) is 4.98 Å². The molecule has 0 aliphatic rings. The van der Waals surface area contributed by atoms with Crippen molar-refractivity contribution in [3.63, 3.8) is 0 Å². The van der Waals surface area contributed by atoms with Gasteiger partial charge in [0, 0.05) is 0 Å². The highest BCUT2D eigenvalue weighted by atomic mass is 19.4. The maximum absolute atomic E-state index is 12.8. The SMILES string of the molecule is CC(C)(C)OC(=O)Nc1ccc(C(=O)O)nc1C(F)(F)F. The Bertz CT molecular complexity index is 565. The highest BCUT2D eigenvalue weighted by Gasteiger charge is 2.37. The van der Waals surface area contributed by atoms with Gasteiger partial charge >= 0.3 is 18.2 Å². The molecule has 6 nitrogen and oxygen atoms in total. The van der Waals surface area contributed by atoms with Gasteiger partial charge in [-0.2, -0.15) is 13.2 Å². The molecular formula is C12H13F3N2O4. The van der Waals surface area contributed by atoms with Crippen LogP contribution in [0.3, 0.4) is 0 Å². The second-order valence-corrected chi connectivity index (χ2v) is 5.02. The number of carboxylic acids is 1. The average molecular weight is 306 g/mol. The maximum atomic E-state index is 12.8. The largest absolute Gasteiger partial charge is 0.477 e. The average Bonchev–Trinajstić information content (AvgIpc) is 2.24. The van der Waals surface area contributed by atoms with Gasteiger partial charge < -0.3 is 9.84 Å². The van der Waals surface area contributed by atoms with Gasteiger partial charge in [0.15, 0.2) is 5.69 Å². The molecule has 0 atom stereocenters. The number of halogens is 3. The molecular weight excluding hydrogens is 293 g/mol. The second kappa shape index (κ2) is 5.58. The van der Waals surface area contributed by atoms with E-state index in [4.69, 9.17) is 9.84 Å². The molecule has 0 radical (unpaired) electrons. The Kier molecular flexibility index (Phi) is 4.45. The minimum atomic E-state index is -4.92. The van der Waals surface area contributed by atoms with Gasteiger partial charge in [0.25, 0.3) is 0 Å². The molecule has 0 fully saturated rings. The molecule has 0 spiro atoms. The van der Waals surface area contributed by atoms with Crippen LogP contribution < -0.4 is 5.32 Å². The second-order valence-electron chi connectivity index (χ2n) is 5.02. The summed E-state index contributed by atoms with van der Waals surface area (Å²) in [4.78, 5) is 25.1. The zero-order valence-electron chi connectivity index (χ0n) is 11.4. The molecule has 0 aromatic carbocycles. The Balaban J connectivity index is 3.12. The van der Waals surface area contributed by atoms with Crippen molar-refractivity contribution >= 4 is 17.7 Å². The molecule has 1 heterocycles. The summed E-state index contributed by atoms with van der Waals surface area (Å²) in [5, 5.41) is 10.6. The van der Waals surface area contributed by atoms with E-state index in [0.29, 0.717) is 0 Å². The van der Waals surface area contributed by atoms with Crippen LogP contribution in [0.2, 0.25) is 0 Å². The summed E-state index contributed by atoms with van der Waals surface area (Å²) in [7, 11) is 0. The molecule has 1 aromatic rings. The summed E-state index contributed by atoms with van der Waals surface area (Å²) in [5.41, 5.74) is -3.86. The van der Waals surface area contributed by atoms with Gasteiger partial charge in [0.2, 0.25) is 0 Å². The van der Waals surface area contributed by atoms with Crippen LogP contribution >= 0.6 is 0 Å². The number of aromatic nitrogens is 1. The fourth-order valence-corrected chi connectivity index (χ4v) is 1.31. The first kappa shape index (κ1) is 16.7. The van der Waals surface area contributed by atoms with Crippen molar-refractivity contribution in [2.45, 2.75) is 32.5 Å². The number of carboxylic acid groups (broad SMARTS) is 1. The quantitative estimate of drug-likeness (QED) is 0.876. The lowest BCUT2D eigenvalue weighted by Gasteiger charge is -2.20. The summed E-state index contributed by atoms with van der Waals surface area (Å²) in [6.45, 7) is 4.63. The van der Waals surface area contributed by atoms with Crippen molar-refractivity contribution in [2.24, 2.45) is 0 Å². The first-order valence-corrected chi connectivity index (χ1v) is 5.71. The zero-order valence-corrected chi connectivity index (χ0v) is 11.4. The minimum absolute atomic E-state index is 0.679. The summed E-state index contributed by atoms with van der Waals surface area (Å²) in [5.74, 6) is -1.61. The Hall–Kier alpha value is -2.32. The summed E-state index contributed by atoms with van der Waals surface area (Å²) in [6, 6.07) is 1.66. The lowest BCUT2D eigenvalue weighted by atomic mass is 10.2. The number of anilines is 1. The standard InChI is InChI=1S/C12H13F3N2O4/c1-11(2,3)21-10(20)17-6-4-5-7(9(18)19)16-8(6)12(13,14)15/h4-5H,1-3H3,(H,17,20)(H,18,19). The number of nitrogens with zero attached hydrogens (tertiary/aromatic N) is 1. The van der Waals surface area contributed by atoms with Crippen LogP contribution in [-0.2, 0) is 10.9 Å². The van der Waals surface area contributed by atoms with Crippen molar-refractivity contribution in [1.29, 1.82) is 0 Å². The number of nitrogens with one attached hydrogen (secondary N) is 1. The molecule has 0 unspecified atom stereocenters. The maximum Gasteiger partial charge on any atom is 0.435 e. The van der Waals surface area contributed by atoms with E-state index in [1.54, 1.807) is 20.8 Å². The Morgan fingerprint density at radius 2 is 1.81 bits per heavy atom. The summed E-state index contributed by atoms with van der Waals surface area (Å²) >= 11 is 0. The molecule has 1 amide bonds. The van der Waals surface area contributed by atoms with Crippen molar-refractivity contribution in [2.75, 3.05) is 5.32 Å². The van der Waals surface area contributed by atoms with Crippen LogP contribution in [0.15, 0.2) is 12.1 Å². The minimum Gasteiger partial charge on any atom is -0.477 e. The predicted octanol–water partition coefficient (Wildman–Crippen LogP) is 3.15. The summed E-state index contributed by atoms with van der Waals surface area (Å²) < 4.78 is 43.3. The molecule has 9 heteroatoms. The number of carbonyl (C=O) groups is 2. The molecule has 116 valence electrons. The highest BCUT2D eigenvalue weighted by Crippen LogP contribution is 2.33. The van der Waals surface area contributed by atoms with Gasteiger partial charge in [0.1, 0.15) is 11.3 Å². The van der Waals surface area contributed by atoms with Gasteiger partial charge in [-0.3, -0.25) is 5.32 Å². The van der Waals surface area contributed by atoms with E-state index in [0.717, 1.165) is 12.1 Å². The van der Waals surface area contributed by atoms with E-state index >= 15 is 0 Å². The fraction of sp³-hybridized carbons (Fsp3) is 0.417. The third-order valence-corrected chi connectivity index (χ3v) is 2.02. The monoisotopic (exact) mass is 306 g/mol. The lowest BCUT2D eigenvalue weighted by Crippen LogP contribution is -2.28. The van der Waals surface area contributed by atoms with Crippen LogP contribution in [0.5, 0.6) is 0 Å². The van der Waals surface area contributed by atoms with Gasteiger partial charge in [-0.05, 0) is 32.9 Å². The van der Waals surface area contributed by atoms with E-state index in [2.05, 4.69) is 4.98 Å². The van der Waals surface area contributed by atoms with E-state index in [1.165, 1.54) is 0 Å². The topological polar surface area (TPSA) is 88.5 Å². The van der Waals surface area contributed by atoms with Crippen molar-refractivity contribution < 1.29 is 32.6 Å². The highest BCUT2D eigenvalue weighted by molar-refractivity contribution is 5.88. The van der Waals surface area contributed by atoms with Crippen LogP contribution in [0.4, 0.5) is 23.7 Å². The van der Waals surface area contributed by atoms with Crippen LogP contribution in [0.25, 0.3) is 0 Å². The molecule has 0 aliphatic carbocycles. The van der Waals surface area contributed by atoms with E-state index in [9.17, 15) is 22.8 Å². The number of hydrogen-bond donors (Lipinski definition) is 2. The third-order valence-electron chi connectivity index (χ3n) is 2.02. The number of ether oxygens (including phenoxy) is 1. The Morgan fingerprint density at radius 3 is 2.24 bits per heavy atom. The lowest BCUT2D eigenvalue weighted by molar-refractivity contribution is -0.140. The first-order valence-electron chi connectivity index (χ1n) is 5.71. The van der Waals surface area contributed by atoms with E-state index in [1.807, 2.05) is 5.32 Å². The molecule has 0 saturated carbocycles. The number of alkyl halides is 3.